The average molecular weight is 257 g/mol. The molecule has 0 aromatic heterocycles. The molecule has 0 spiro atoms. The van der Waals surface area contributed by atoms with Crippen LogP contribution in [0.5, 0.6) is 0 Å². The van der Waals surface area contributed by atoms with Crippen molar-refractivity contribution in [2.45, 2.75) is 13.0 Å². The number of hydrogen-bond acceptors (Lipinski definition) is 1. The molecular weight excluding hydrogens is 238 g/mol. The molecule has 10 radical (unpaired) electrons. The number of nitrogens with zero attached hydrogens (tertiary/aromatic N) is 1. The second-order valence-electron chi connectivity index (χ2n) is 3.82. The summed E-state index contributed by atoms with van der Waals surface area (Å²) in [5, 5.41) is 0. The molecule has 0 unspecified atom stereocenters. The zero-order valence-electron chi connectivity index (χ0n) is 10.1. The zero-order valence-corrected chi connectivity index (χ0v) is 11.2. The molecule has 2 heteroatoms. The first-order valence-corrected chi connectivity index (χ1v) is 5.26. The first-order valence-electron chi connectivity index (χ1n) is 5.26. The maximum absolute atomic E-state index is 2.20. The molecule has 16 heavy (non-hydrogen) atoms. The van der Waals surface area contributed by atoms with E-state index in [4.69, 9.17) is 0 Å². The van der Waals surface area contributed by atoms with Crippen LogP contribution in [-0.4, -0.2) is 25.0 Å². The first kappa shape index (κ1) is 16.5. The van der Waals surface area contributed by atoms with Crippen molar-refractivity contribution in [2.75, 3.05) is 14.1 Å². The predicted molar refractivity (Wildman–Crippen MR) is 65.1 cm³/mol. The Bertz CT molecular complexity index is 141. The molecule has 0 saturated heterocycles. The van der Waals surface area contributed by atoms with Crippen LogP contribution >= 0.6 is 0 Å². The van der Waals surface area contributed by atoms with Crippen LogP contribution in [0.4, 0.5) is 0 Å². The largest absolute Gasteiger partial charge is 2.00 e. The van der Waals surface area contributed by atoms with Crippen LogP contribution in [0.1, 0.15) is 6.92 Å². The van der Waals surface area contributed by atoms with Gasteiger partial charge in [0.1, 0.15) is 0 Å². The van der Waals surface area contributed by atoms with Crippen LogP contribution in [-0.2, 0) is 17.1 Å². The van der Waals surface area contributed by atoms with Gasteiger partial charge in [-0.25, -0.2) is 0 Å². The summed E-state index contributed by atoms with van der Waals surface area (Å²) in [5.74, 6) is 1.39. The van der Waals surface area contributed by atoms with Gasteiger partial charge in [0.05, 0.1) is 0 Å². The van der Waals surface area contributed by atoms with Crippen LogP contribution in [0.25, 0.3) is 0 Å². The van der Waals surface area contributed by atoms with Crippen molar-refractivity contribution < 1.29 is 17.1 Å². The van der Waals surface area contributed by atoms with Gasteiger partial charge >= 0.3 is 17.1 Å². The summed E-state index contributed by atoms with van der Waals surface area (Å²) in [6.07, 6.45) is 18.5. The molecule has 0 aromatic carbocycles. The van der Waals surface area contributed by atoms with Gasteiger partial charge in [0.25, 0.3) is 0 Å². The molecule has 2 saturated carbocycles. The molecule has 2 rings (SSSR count). The minimum Gasteiger partial charge on any atom is -0.306 e. The Morgan fingerprint density at radius 3 is 1.50 bits per heavy atom. The van der Waals surface area contributed by atoms with E-state index in [9.17, 15) is 0 Å². The molecular formula is C14H19FeN+2. The molecule has 0 N–H and O–H groups in total. The van der Waals surface area contributed by atoms with Gasteiger partial charge in [-0.3, -0.25) is 0 Å². The van der Waals surface area contributed by atoms with Crippen molar-refractivity contribution in [1.82, 2.24) is 4.90 Å². The van der Waals surface area contributed by atoms with Crippen molar-refractivity contribution in [2.24, 2.45) is 0 Å². The van der Waals surface area contributed by atoms with Gasteiger partial charge in [-0.15, -0.1) is 0 Å². The van der Waals surface area contributed by atoms with Crippen LogP contribution in [0.2, 0.25) is 0 Å². The third kappa shape index (κ3) is 6.27. The maximum Gasteiger partial charge on any atom is 2.00 e. The molecule has 1 nitrogen and oxygen atoms in total. The molecule has 2 fully saturated rings. The van der Waals surface area contributed by atoms with Gasteiger partial charge in [0.15, 0.2) is 0 Å². The van der Waals surface area contributed by atoms with Crippen molar-refractivity contribution in [3.8, 4) is 0 Å². The van der Waals surface area contributed by atoms with Gasteiger partial charge in [0.2, 0.25) is 0 Å². The van der Waals surface area contributed by atoms with Crippen LogP contribution in [0.15, 0.2) is 0 Å². The summed E-state index contributed by atoms with van der Waals surface area (Å²) in [5.41, 5.74) is 0. The van der Waals surface area contributed by atoms with Gasteiger partial charge < -0.3 is 4.90 Å². The molecule has 0 amide bonds. The fourth-order valence-electron chi connectivity index (χ4n) is 1.29. The molecule has 1 atom stereocenters. The van der Waals surface area contributed by atoms with E-state index in [1.54, 1.807) is 0 Å². The predicted octanol–water partition coefficient (Wildman–Crippen LogP) is 2.36. The summed E-state index contributed by atoms with van der Waals surface area (Å²) in [6.45, 7) is 2.20. The van der Waals surface area contributed by atoms with Crippen molar-refractivity contribution in [3.63, 3.8) is 0 Å². The Morgan fingerprint density at radius 2 is 1.19 bits per heavy atom. The van der Waals surface area contributed by atoms with E-state index in [0.29, 0.717) is 6.04 Å². The summed E-state index contributed by atoms with van der Waals surface area (Å²) in [7, 11) is 4.19. The van der Waals surface area contributed by atoms with E-state index in [-0.39, 0.29) is 17.1 Å². The third-order valence-corrected chi connectivity index (χ3v) is 2.50. The van der Waals surface area contributed by atoms with E-state index in [2.05, 4.69) is 51.6 Å². The Kier molecular flexibility index (Phi) is 9.79. The minimum atomic E-state index is 0. The van der Waals surface area contributed by atoms with Gasteiger partial charge in [-0.1, -0.05) is 0 Å². The van der Waals surface area contributed by atoms with Crippen LogP contribution < -0.4 is 0 Å². The van der Waals surface area contributed by atoms with Crippen LogP contribution in [0, 0.1) is 63.7 Å². The van der Waals surface area contributed by atoms with Crippen molar-refractivity contribution in [3.05, 3.63) is 63.7 Å². The maximum atomic E-state index is 2.20. The molecule has 0 aromatic rings. The zero-order chi connectivity index (χ0) is 11.1. The molecule has 2 aliphatic carbocycles. The first-order chi connectivity index (χ1) is 7.22. The molecule has 0 heterocycles. The molecule has 2 aliphatic rings. The average Bonchev–Trinajstić information content (AvgIpc) is 2.92. The number of rotatable bonds is 2. The van der Waals surface area contributed by atoms with Crippen LogP contribution in [0.3, 0.4) is 0 Å². The standard InChI is InChI=1S/C9H14N.C5H5.Fe/c1-8(10(2)3)9-6-4-5-7-9;1-2-4-5-3-1;/h4-8H,1-3H3;1-5H;/q;;+2/t8-;;/m0../s1. The van der Waals surface area contributed by atoms with E-state index in [1.807, 2.05) is 32.1 Å². The second-order valence-corrected chi connectivity index (χ2v) is 3.82. The summed E-state index contributed by atoms with van der Waals surface area (Å²) < 4.78 is 0. The van der Waals surface area contributed by atoms with Gasteiger partial charge in [-0.2, -0.15) is 0 Å². The monoisotopic (exact) mass is 257 g/mol. The Labute approximate surface area is 113 Å². The Hall–Kier alpha value is 0.479. The summed E-state index contributed by atoms with van der Waals surface area (Å²) >= 11 is 0. The van der Waals surface area contributed by atoms with Crippen molar-refractivity contribution in [1.29, 1.82) is 0 Å². The van der Waals surface area contributed by atoms with E-state index in [1.165, 1.54) is 5.92 Å². The van der Waals surface area contributed by atoms with E-state index < -0.39 is 0 Å². The number of hydrogen-bond donors (Lipinski definition) is 0. The Balaban J connectivity index is 0.000000318. The fraction of sp³-hybridized carbons (Fsp3) is 0.286. The summed E-state index contributed by atoms with van der Waals surface area (Å²) in [6, 6.07) is 0.537. The molecule has 86 valence electrons. The smallest absolute Gasteiger partial charge is 0.306 e. The quantitative estimate of drug-likeness (QED) is 0.686. The SMILES string of the molecule is C[C@@H]([C]1[CH][CH][CH][CH]1)N(C)C.[CH]1[CH][CH][CH][CH]1.[Fe+2]. The molecule has 0 aliphatic heterocycles. The second kappa shape index (κ2) is 9.50. The van der Waals surface area contributed by atoms with E-state index >= 15 is 0 Å². The van der Waals surface area contributed by atoms with Gasteiger partial charge in [-0.05, 0) is 78.8 Å². The fourth-order valence-corrected chi connectivity index (χ4v) is 1.29. The van der Waals surface area contributed by atoms with Gasteiger partial charge in [0, 0.05) is 12.0 Å². The minimum absolute atomic E-state index is 0. The molecule has 0 bridgehead atoms. The third-order valence-electron chi connectivity index (χ3n) is 2.50. The summed E-state index contributed by atoms with van der Waals surface area (Å²) in [4.78, 5) is 2.20. The topological polar surface area (TPSA) is 3.24 Å². The Morgan fingerprint density at radius 1 is 0.812 bits per heavy atom. The van der Waals surface area contributed by atoms with Crippen molar-refractivity contribution >= 4 is 0 Å². The van der Waals surface area contributed by atoms with E-state index in [0.717, 1.165) is 0 Å². The normalized spacial score (nSPS) is 22.5.